The number of benzene rings is 2. The third kappa shape index (κ3) is 5.49. The maximum absolute atomic E-state index is 14.2. The zero-order valence-electron chi connectivity index (χ0n) is 22.0. The summed E-state index contributed by atoms with van der Waals surface area (Å²) in [6.07, 6.45) is 6.08. The average molecular weight is 569 g/mol. The molecule has 0 radical (unpaired) electrons. The number of aromatic nitrogens is 1. The Morgan fingerprint density at radius 3 is 2.52 bits per heavy atom. The van der Waals surface area contributed by atoms with Crippen molar-refractivity contribution in [1.29, 1.82) is 0 Å². The third-order valence-corrected chi connectivity index (χ3v) is 8.99. The van der Waals surface area contributed by atoms with Gasteiger partial charge in [0.15, 0.2) is 11.5 Å². The van der Waals surface area contributed by atoms with Crippen LogP contribution in [0.3, 0.4) is 0 Å². The molecule has 2 atom stereocenters. The lowest BCUT2D eigenvalue weighted by Gasteiger charge is -2.45. The van der Waals surface area contributed by atoms with Crippen molar-refractivity contribution in [1.82, 2.24) is 20.7 Å². The second-order valence-corrected chi connectivity index (χ2v) is 11.7. The molecule has 0 spiro atoms. The van der Waals surface area contributed by atoms with Crippen molar-refractivity contribution in [3.8, 4) is 11.3 Å². The van der Waals surface area contributed by atoms with Gasteiger partial charge in [0, 0.05) is 54.3 Å². The van der Waals surface area contributed by atoms with Gasteiger partial charge < -0.3 is 15.2 Å². The molecule has 2 heterocycles. The number of halogens is 3. The molecule has 3 aliphatic rings. The van der Waals surface area contributed by atoms with Crippen LogP contribution in [0.4, 0.5) is 8.78 Å². The van der Waals surface area contributed by atoms with Gasteiger partial charge in [-0.05, 0) is 61.9 Å². The molecule has 1 aromatic heterocycles. The SMILES string of the molecule is O=C(N[C@@H]1CCN(C2CCC2)C[C@H]1C(=O)NCC1(c2ccc(Cl)cc2)CC1)c1cc(-c2ccc(F)cc2F)on1. The fraction of sp³-hybridized carbons (Fsp3) is 0.433. The van der Waals surface area contributed by atoms with Gasteiger partial charge in [0.2, 0.25) is 5.91 Å². The fourth-order valence-corrected chi connectivity index (χ4v) is 5.98. The molecule has 2 saturated carbocycles. The third-order valence-electron chi connectivity index (χ3n) is 8.74. The molecule has 0 bridgehead atoms. The van der Waals surface area contributed by atoms with E-state index in [9.17, 15) is 18.4 Å². The van der Waals surface area contributed by atoms with E-state index in [1.54, 1.807) is 0 Å². The summed E-state index contributed by atoms with van der Waals surface area (Å²) >= 11 is 6.06. The highest BCUT2D eigenvalue weighted by molar-refractivity contribution is 6.30. The summed E-state index contributed by atoms with van der Waals surface area (Å²) in [6.45, 7) is 1.89. The van der Waals surface area contributed by atoms with Crippen molar-refractivity contribution in [3.05, 3.63) is 76.4 Å². The number of hydrogen-bond acceptors (Lipinski definition) is 5. The van der Waals surface area contributed by atoms with Gasteiger partial charge in [-0.3, -0.25) is 14.5 Å². The van der Waals surface area contributed by atoms with Gasteiger partial charge in [-0.1, -0.05) is 35.3 Å². The van der Waals surface area contributed by atoms with E-state index in [0.29, 0.717) is 30.6 Å². The summed E-state index contributed by atoms with van der Waals surface area (Å²) in [5.41, 5.74) is 1.07. The molecule has 1 saturated heterocycles. The van der Waals surface area contributed by atoms with Gasteiger partial charge >= 0.3 is 0 Å². The number of amides is 2. The van der Waals surface area contributed by atoms with Crippen molar-refractivity contribution in [2.24, 2.45) is 5.92 Å². The zero-order valence-corrected chi connectivity index (χ0v) is 22.7. The van der Waals surface area contributed by atoms with Gasteiger partial charge in [0.1, 0.15) is 11.6 Å². The number of hydrogen-bond donors (Lipinski definition) is 2. The number of rotatable bonds is 8. The molecule has 210 valence electrons. The molecular formula is C30H31ClF2N4O3. The fourth-order valence-electron chi connectivity index (χ4n) is 5.85. The Kier molecular flexibility index (Phi) is 7.35. The van der Waals surface area contributed by atoms with Crippen LogP contribution in [0.1, 0.15) is 54.6 Å². The summed E-state index contributed by atoms with van der Waals surface area (Å²) in [4.78, 5) is 29.1. The molecule has 6 rings (SSSR count). The molecule has 10 heteroatoms. The summed E-state index contributed by atoms with van der Waals surface area (Å²) in [5, 5.41) is 10.7. The van der Waals surface area contributed by atoms with Crippen molar-refractivity contribution in [2.75, 3.05) is 19.6 Å². The lowest BCUT2D eigenvalue weighted by molar-refractivity contribution is -0.128. The Hall–Kier alpha value is -3.30. The van der Waals surface area contributed by atoms with Crippen LogP contribution in [0.2, 0.25) is 5.02 Å². The van der Waals surface area contributed by atoms with Crippen LogP contribution in [-0.2, 0) is 10.2 Å². The van der Waals surface area contributed by atoms with E-state index in [-0.39, 0.29) is 28.3 Å². The molecular weight excluding hydrogens is 538 g/mol. The minimum absolute atomic E-state index is 0.00806. The molecule has 2 N–H and O–H groups in total. The van der Waals surface area contributed by atoms with Crippen LogP contribution < -0.4 is 10.6 Å². The molecule has 7 nitrogen and oxygen atoms in total. The van der Waals surface area contributed by atoms with Crippen LogP contribution in [0.15, 0.2) is 53.1 Å². The van der Waals surface area contributed by atoms with Gasteiger partial charge in [-0.2, -0.15) is 0 Å². The molecule has 0 unspecified atom stereocenters. The Morgan fingerprint density at radius 2 is 1.85 bits per heavy atom. The number of likely N-dealkylation sites (tertiary alicyclic amines) is 1. The Bertz CT molecular complexity index is 1400. The van der Waals surface area contributed by atoms with E-state index in [1.807, 2.05) is 24.3 Å². The van der Waals surface area contributed by atoms with Gasteiger partial charge in [-0.15, -0.1) is 0 Å². The molecule has 2 aromatic carbocycles. The predicted octanol–water partition coefficient (Wildman–Crippen LogP) is 5.09. The van der Waals surface area contributed by atoms with Crippen LogP contribution in [-0.4, -0.2) is 53.6 Å². The Balaban J connectivity index is 1.14. The van der Waals surface area contributed by atoms with Crippen molar-refractivity contribution < 1.29 is 22.9 Å². The van der Waals surface area contributed by atoms with Crippen molar-refractivity contribution in [2.45, 2.75) is 56.0 Å². The lowest BCUT2D eigenvalue weighted by atomic mass is 9.85. The minimum Gasteiger partial charge on any atom is -0.355 e. The van der Waals surface area contributed by atoms with Crippen molar-refractivity contribution >= 4 is 23.4 Å². The normalized spacial score (nSPS) is 22.4. The summed E-state index contributed by atoms with van der Waals surface area (Å²) in [7, 11) is 0. The predicted molar refractivity (Wildman–Crippen MR) is 146 cm³/mol. The maximum atomic E-state index is 14.2. The highest BCUT2D eigenvalue weighted by Crippen LogP contribution is 2.48. The smallest absolute Gasteiger partial charge is 0.273 e. The second-order valence-electron chi connectivity index (χ2n) is 11.3. The van der Waals surface area contributed by atoms with E-state index in [2.05, 4.69) is 20.7 Å². The van der Waals surface area contributed by atoms with E-state index >= 15 is 0 Å². The van der Waals surface area contributed by atoms with Crippen LogP contribution in [0.25, 0.3) is 11.3 Å². The first-order valence-electron chi connectivity index (χ1n) is 13.8. The first-order chi connectivity index (χ1) is 19.3. The molecule has 2 aliphatic carbocycles. The van der Waals surface area contributed by atoms with Gasteiger partial charge in [0.05, 0.1) is 11.5 Å². The number of nitrogens with one attached hydrogen (secondary N) is 2. The van der Waals surface area contributed by atoms with Gasteiger partial charge in [0.25, 0.3) is 5.91 Å². The highest BCUT2D eigenvalue weighted by Gasteiger charge is 2.45. The first-order valence-corrected chi connectivity index (χ1v) is 14.2. The summed E-state index contributed by atoms with van der Waals surface area (Å²) in [5.74, 6) is -2.51. The zero-order chi connectivity index (χ0) is 27.9. The second kappa shape index (κ2) is 10.9. The summed E-state index contributed by atoms with van der Waals surface area (Å²) in [6, 6.07) is 12.3. The Labute approximate surface area is 236 Å². The van der Waals surface area contributed by atoms with Gasteiger partial charge in [-0.25, -0.2) is 8.78 Å². The van der Waals surface area contributed by atoms with E-state index < -0.39 is 29.5 Å². The largest absolute Gasteiger partial charge is 0.355 e. The summed E-state index contributed by atoms with van der Waals surface area (Å²) < 4.78 is 32.7. The number of piperidine rings is 1. The molecule has 2 amide bonds. The monoisotopic (exact) mass is 568 g/mol. The standard InChI is InChI=1S/C30H31ClF2N4O3/c31-19-6-4-18(5-7-19)30(11-12-30)17-34-28(38)23-16-37(21-2-1-3-21)13-10-25(23)35-29(39)26-15-27(40-36-26)22-9-8-20(32)14-24(22)33/h4-9,14-15,21,23,25H,1-3,10-13,16-17H2,(H,34,38)(H,35,39)/t23-,25-/m1/s1. The number of carbonyl (C=O) groups excluding carboxylic acids is 2. The van der Waals surface area contributed by atoms with Crippen LogP contribution in [0.5, 0.6) is 0 Å². The molecule has 1 aliphatic heterocycles. The first kappa shape index (κ1) is 26.9. The minimum atomic E-state index is -0.810. The Morgan fingerprint density at radius 1 is 1.07 bits per heavy atom. The van der Waals surface area contributed by atoms with E-state index in [0.717, 1.165) is 44.4 Å². The van der Waals surface area contributed by atoms with Crippen LogP contribution in [0, 0.1) is 17.6 Å². The van der Waals surface area contributed by atoms with Crippen molar-refractivity contribution in [3.63, 3.8) is 0 Å². The highest BCUT2D eigenvalue weighted by atomic mass is 35.5. The molecule has 3 aromatic rings. The molecule has 40 heavy (non-hydrogen) atoms. The van der Waals surface area contributed by atoms with Crippen LogP contribution >= 0.6 is 11.6 Å². The number of nitrogens with zero attached hydrogens (tertiary/aromatic N) is 2. The maximum Gasteiger partial charge on any atom is 0.273 e. The van der Waals surface area contributed by atoms with E-state index in [1.165, 1.54) is 24.1 Å². The van der Waals surface area contributed by atoms with E-state index in [4.69, 9.17) is 16.1 Å². The molecule has 3 fully saturated rings. The topological polar surface area (TPSA) is 87.5 Å². The number of carbonyl (C=O) groups is 2. The quantitative estimate of drug-likeness (QED) is 0.395. The lowest BCUT2D eigenvalue weighted by Crippen LogP contribution is -2.58. The average Bonchev–Trinajstić information content (AvgIpc) is 3.54.